The fraction of sp³-hybridized carbons (Fsp3) is 0.667. The number of aromatic amines is 1. The topological polar surface area (TPSA) is 27.8 Å². The molecule has 1 saturated carbocycles. The maximum atomic E-state index is 3.39. The van der Waals surface area contributed by atoms with Crippen LogP contribution in [0.3, 0.4) is 0 Å². The first kappa shape index (κ1) is 9.78. The Balaban J connectivity index is 2.20. The van der Waals surface area contributed by atoms with Crippen LogP contribution in [-0.2, 0) is 5.41 Å². The number of hydrogen-bond acceptors (Lipinski definition) is 1. The van der Waals surface area contributed by atoms with Gasteiger partial charge in [-0.2, -0.15) is 0 Å². The van der Waals surface area contributed by atoms with Crippen LogP contribution in [0.5, 0.6) is 0 Å². The summed E-state index contributed by atoms with van der Waals surface area (Å²) in [6.07, 6.45) is 8.86. The van der Waals surface area contributed by atoms with Gasteiger partial charge in [0.1, 0.15) is 0 Å². The second-order valence-electron chi connectivity index (χ2n) is 4.46. The van der Waals surface area contributed by atoms with Gasteiger partial charge in [0.2, 0.25) is 0 Å². The minimum Gasteiger partial charge on any atom is -0.364 e. The highest BCUT2D eigenvalue weighted by Gasteiger charge is 2.33. The predicted octanol–water partition coefficient (Wildman–Crippen LogP) is 2.44. The molecule has 0 aromatic carbocycles. The third-order valence-corrected chi connectivity index (χ3v) is 3.50. The lowest BCUT2D eigenvalue weighted by molar-refractivity contribution is 0.280. The van der Waals surface area contributed by atoms with E-state index in [-0.39, 0.29) is 0 Å². The van der Waals surface area contributed by atoms with Crippen LogP contribution in [0.25, 0.3) is 0 Å². The lowest BCUT2D eigenvalue weighted by Crippen LogP contribution is -2.38. The van der Waals surface area contributed by atoms with Crippen LogP contribution in [0.15, 0.2) is 18.3 Å². The quantitative estimate of drug-likeness (QED) is 0.756. The van der Waals surface area contributed by atoms with Crippen LogP contribution in [0.2, 0.25) is 0 Å². The molecule has 0 radical (unpaired) electrons. The summed E-state index contributed by atoms with van der Waals surface area (Å²) in [6.45, 7) is 1.10. The molecule has 1 aromatic rings. The summed E-state index contributed by atoms with van der Waals surface area (Å²) in [7, 11) is 2.05. The van der Waals surface area contributed by atoms with Gasteiger partial charge >= 0.3 is 0 Å². The molecule has 1 aromatic heterocycles. The first-order chi connectivity index (χ1) is 6.87. The van der Waals surface area contributed by atoms with E-state index in [1.54, 1.807) is 0 Å². The predicted molar refractivity (Wildman–Crippen MR) is 59.5 cm³/mol. The smallest absolute Gasteiger partial charge is 0.0228 e. The van der Waals surface area contributed by atoms with Crippen molar-refractivity contribution in [2.75, 3.05) is 13.6 Å². The number of nitrogens with one attached hydrogen (secondary N) is 2. The first-order valence-electron chi connectivity index (χ1n) is 5.66. The molecule has 2 nitrogen and oxygen atoms in total. The maximum absolute atomic E-state index is 3.39. The zero-order valence-corrected chi connectivity index (χ0v) is 8.97. The Morgan fingerprint density at radius 3 is 2.71 bits per heavy atom. The molecule has 2 heteroatoms. The minimum absolute atomic E-state index is 0.385. The van der Waals surface area contributed by atoms with E-state index in [4.69, 9.17) is 0 Å². The fourth-order valence-corrected chi connectivity index (χ4v) is 2.77. The molecule has 1 heterocycles. The molecule has 14 heavy (non-hydrogen) atoms. The van der Waals surface area contributed by atoms with Crippen molar-refractivity contribution in [3.63, 3.8) is 0 Å². The van der Waals surface area contributed by atoms with E-state index in [0.717, 1.165) is 6.54 Å². The molecule has 0 aliphatic heterocycles. The molecule has 78 valence electrons. The average Bonchev–Trinajstić information content (AvgIpc) is 2.73. The zero-order valence-electron chi connectivity index (χ0n) is 8.97. The number of rotatable bonds is 3. The molecule has 0 amide bonds. The van der Waals surface area contributed by atoms with E-state index in [0.29, 0.717) is 5.41 Å². The van der Waals surface area contributed by atoms with Crippen molar-refractivity contribution in [1.82, 2.24) is 10.3 Å². The van der Waals surface area contributed by atoms with Gasteiger partial charge in [-0.3, -0.25) is 0 Å². The summed E-state index contributed by atoms with van der Waals surface area (Å²) >= 11 is 0. The highest BCUT2D eigenvalue weighted by molar-refractivity contribution is 5.19. The van der Waals surface area contributed by atoms with E-state index in [2.05, 4.69) is 29.5 Å². The van der Waals surface area contributed by atoms with Gasteiger partial charge in [0.25, 0.3) is 0 Å². The van der Waals surface area contributed by atoms with Gasteiger partial charge in [0.15, 0.2) is 0 Å². The second kappa shape index (κ2) is 4.18. The van der Waals surface area contributed by atoms with Crippen LogP contribution in [0.4, 0.5) is 0 Å². The summed E-state index contributed by atoms with van der Waals surface area (Å²) < 4.78 is 0. The summed E-state index contributed by atoms with van der Waals surface area (Å²) in [5, 5.41) is 3.35. The van der Waals surface area contributed by atoms with Crippen molar-refractivity contribution < 1.29 is 0 Å². The van der Waals surface area contributed by atoms with Gasteiger partial charge in [-0.1, -0.05) is 19.3 Å². The van der Waals surface area contributed by atoms with Crippen molar-refractivity contribution in [3.8, 4) is 0 Å². The molecule has 1 fully saturated rings. The third kappa shape index (κ3) is 1.71. The van der Waals surface area contributed by atoms with Crippen molar-refractivity contribution in [1.29, 1.82) is 0 Å². The third-order valence-electron chi connectivity index (χ3n) is 3.50. The molecule has 2 rings (SSSR count). The molecular weight excluding hydrogens is 172 g/mol. The highest BCUT2D eigenvalue weighted by Crippen LogP contribution is 2.37. The van der Waals surface area contributed by atoms with Gasteiger partial charge in [-0.05, 0) is 32.0 Å². The van der Waals surface area contributed by atoms with E-state index in [1.165, 1.54) is 37.8 Å². The van der Waals surface area contributed by atoms with Crippen LogP contribution in [-0.4, -0.2) is 18.6 Å². The average molecular weight is 192 g/mol. The Kier molecular flexibility index (Phi) is 2.92. The minimum atomic E-state index is 0.385. The van der Waals surface area contributed by atoms with E-state index in [9.17, 15) is 0 Å². The van der Waals surface area contributed by atoms with Gasteiger partial charge in [0, 0.05) is 23.9 Å². The largest absolute Gasteiger partial charge is 0.364 e. The van der Waals surface area contributed by atoms with Gasteiger partial charge < -0.3 is 10.3 Å². The molecule has 0 spiro atoms. The lowest BCUT2D eigenvalue weighted by Gasteiger charge is -2.36. The Morgan fingerprint density at radius 2 is 2.14 bits per heavy atom. The van der Waals surface area contributed by atoms with Crippen LogP contribution >= 0.6 is 0 Å². The Morgan fingerprint density at radius 1 is 1.36 bits per heavy atom. The van der Waals surface area contributed by atoms with Gasteiger partial charge in [0.05, 0.1) is 0 Å². The van der Waals surface area contributed by atoms with E-state index < -0.39 is 0 Å². The van der Waals surface area contributed by atoms with Crippen LogP contribution < -0.4 is 5.32 Å². The normalized spacial score (nSPS) is 20.9. The SMILES string of the molecule is CNCC1(c2ccc[nH]2)CCCCC1. The molecule has 0 saturated heterocycles. The van der Waals surface area contributed by atoms with E-state index >= 15 is 0 Å². The Hall–Kier alpha value is -0.760. The number of hydrogen-bond donors (Lipinski definition) is 2. The zero-order chi connectivity index (χ0) is 9.86. The molecule has 0 bridgehead atoms. The number of likely N-dealkylation sites (N-methyl/N-ethyl adjacent to an activating group) is 1. The first-order valence-corrected chi connectivity index (χ1v) is 5.66. The molecule has 1 aliphatic carbocycles. The van der Waals surface area contributed by atoms with Crippen LogP contribution in [0.1, 0.15) is 37.8 Å². The maximum Gasteiger partial charge on any atom is 0.0228 e. The van der Waals surface area contributed by atoms with Crippen molar-refractivity contribution in [2.45, 2.75) is 37.5 Å². The number of H-pyrrole nitrogens is 1. The summed E-state index contributed by atoms with van der Waals surface area (Å²) in [5.74, 6) is 0. The van der Waals surface area contributed by atoms with Crippen molar-refractivity contribution >= 4 is 0 Å². The summed E-state index contributed by atoms with van der Waals surface area (Å²) in [4.78, 5) is 3.39. The monoisotopic (exact) mass is 192 g/mol. The summed E-state index contributed by atoms with van der Waals surface area (Å²) in [5.41, 5.74) is 1.81. The van der Waals surface area contributed by atoms with E-state index in [1.807, 2.05) is 6.20 Å². The molecular formula is C12H20N2. The number of aromatic nitrogens is 1. The molecule has 1 aliphatic rings. The Labute approximate surface area is 86.1 Å². The van der Waals surface area contributed by atoms with Crippen molar-refractivity contribution in [2.24, 2.45) is 0 Å². The second-order valence-corrected chi connectivity index (χ2v) is 4.46. The van der Waals surface area contributed by atoms with Crippen molar-refractivity contribution in [3.05, 3.63) is 24.0 Å². The van der Waals surface area contributed by atoms with Gasteiger partial charge in [-0.15, -0.1) is 0 Å². The highest BCUT2D eigenvalue weighted by atomic mass is 14.9. The molecule has 2 N–H and O–H groups in total. The van der Waals surface area contributed by atoms with Crippen LogP contribution in [0, 0.1) is 0 Å². The van der Waals surface area contributed by atoms with Gasteiger partial charge in [-0.25, -0.2) is 0 Å². The Bertz CT molecular complexity index is 252. The standard InChI is InChI=1S/C12H20N2/c1-13-10-12(7-3-2-4-8-12)11-6-5-9-14-11/h5-6,9,13-14H,2-4,7-8,10H2,1H3. The fourth-order valence-electron chi connectivity index (χ4n) is 2.77. The molecule has 0 atom stereocenters. The molecule has 0 unspecified atom stereocenters. The summed E-state index contributed by atoms with van der Waals surface area (Å²) in [6, 6.07) is 4.35. The lowest BCUT2D eigenvalue weighted by atomic mass is 9.72.